The van der Waals surface area contributed by atoms with Crippen molar-refractivity contribution in [3.8, 4) is 0 Å². The van der Waals surface area contributed by atoms with Gasteiger partial charge in [-0.3, -0.25) is 4.79 Å². The Morgan fingerprint density at radius 2 is 1.55 bits per heavy atom. The van der Waals surface area contributed by atoms with E-state index in [0.29, 0.717) is 5.78 Å². The molecule has 0 spiro atoms. The van der Waals surface area contributed by atoms with Gasteiger partial charge in [0, 0.05) is 12.5 Å². The Morgan fingerprint density at radius 1 is 0.950 bits per heavy atom. The van der Waals surface area contributed by atoms with Gasteiger partial charge in [-0.25, -0.2) is 0 Å². The van der Waals surface area contributed by atoms with Crippen molar-refractivity contribution in [1.82, 2.24) is 4.90 Å². The highest BCUT2D eigenvalue weighted by molar-refractivity contribution is 5.91. The molecule has 0 amide bonds. The molecule has 0 saturated carbocycles. The molecule has 0 aromatic carbocycles. The SMILES string of the molecule is CCCCCCCC(CCCC)C(=O)/C=C\CN(C)C. The summed E-state index contributed by atoms with van der Waals surface area (Å²) in [4.78, 5) is 14.3. The second-order valence-corrected chi connectivity index (χ2v) is 6.11. The van der Waals surface area contributed by atoms with Crippen molar-refractivity contribution in [1.29, 1.82) is 0 Å². The number of ketones is 1. The zero-order valence-electron chi connectivity index (χ0n) is 14.2. The minimum Gasteiger partial charge on any atom is -0.306 e. The minimum absolute atomic E-state index is 0.259. The summed E-state index contributed by atoms with van der Waals surface area (Å²) in [6, 6.07) is 0. The molecule has 20 heavy (non-hydrogen) atoms. The molecule has 0 fully saturated rings. The predicted molar refractivity (Wildman–Crippen MR) is 89.1 cm³/mol. The topological polar surface area (TPSA) is 20.3 Å². The maximum Gasteiger partial charge on any atom is 0.158 e. The lowest BCUT2D eigenvalue weighted by molar-refractivity contribution is -0.118. The molecular formula is C18H35NO. The fourth-order valence-corrected chi connectivity index (χ4v) is 2.39. The number of carbonyl (C=O) groups is 1. The van der Waals surface area contributed by atoms with Crippen molar-refractivity contribution >= 4 is 5.78 Å². The van der Waals surface area contributed by atoms with Crippen molar-refractivity contribution in [2.75, 3.05) is 20.6 Å². The number of allylic oxidation sites excluding steroid dienone is 1. The van der Waals surface area contributed by atoms with Crippen LogP contribution in [0.15, 0.2) is 12.2 Å². The molecule has 0 aliphatic rings. The van der Waals surface area contributed by atoms with Crippen LogP contribution in [0.1, 0.15) is 71.6 Å². The van der Waals surface area contributed by atoms with E-state index in [-0.39, 0.29) is 5.92 Å². The van der Waals surface area contributed by atoms with E-state index in [1.807, 2.05) is 26.2 Å². The van der Waals surface area contributed by atoms with E-state index >= 15 is 0 Å². The minimum atomic E-state index is 0.259. The van der Waals surface area contributed by atoms with E-state index in [1.54, 1.807) is 0 Å². The molecule has 0 saturated heterocycles. The second-order valence-electron chi connectivity index (χ2n) is 6.11. The van der Waals surface area contributed by atoms with E-state index in [4.69, 9.17) is 0 Å². The third kappa shape index (κ3) is 11.2. The summed E-state index contributed by atoms with van der Waals surface area (Å²) in [5, 5.41) is 0. The first-order valence-electron chi connectivity index (χ1n) is 8.46. The highest BCUT2D eigenvalue weighted by atomic mass is 16.1. The van der Waals surface area contributed by atoms with Crippen molar-refractivity contribution in [3.63, 3.8) is 0 Å². The van der Waals surface area contributed by atoms with Crippen LogP contribution in [-0.2, 0) is 4.79 Å². The van der Waals surface area contributed by atoms with E-state index < -0.39 is 0 Å². The molecule has 0 bridgehead atoms. The van der Waals surface area contributed by atoms with Crippen molar-refractivity contribution in [2.45, 2.75) is 71.6 Å². The fourth-order valence-electron chi connectivity index (χ4n) is 2.39. The van der Waals surface area contributed by atoms with E-state index in [0.717, 1.165) is 19.4 Å². The van der Waals surface area contributed by atoms with E-state index in [1.165, 1.54) is 44.9 Å². The Hall–Kier alpha value is -0.630. The molecular weight excluding hydrogens is 246 g/mol. The highest BCUT2D eigenvalue weighted by Crippen LogP contribution is 2.19. The number of rotatable bonds is 13. The van der Waals surface area contributed by atoms with Crippen LogP contribution in [0.25, 0.3) is 0 Å². The second kappa shape index (κ2) is 13.4. The van der Waals surface area contributed by atoms with Crippen molar-refractivity contribution in [3.05, 3.63) is 12.2 Å². The maximum atomic E-state index is 12.2. The zero-order chi connectivity index (χ0) is 15.2. The Morgan fingerprint density at radius 3 is 2.15 bits per heavy atom. The van der Waals surface area contributed by atoms with Crippen LogP contribution in [-0.4, -0.2) is 31.3 Å². The molecule has 0 aromatic rings. The van der Waals surface area contributed by atoms with Gasteiger partial charge in [0.2, 0.25) is 0 Å². The highest BCUT2D eigenvalue weighted by Gasteiger charge is 2.14. The molecule has 0 aromatic heterocycles. The van der Waals surface area contributed by atoms with E-state index in [9.17, 15) is 4.79 Å². The van der Waals surface area contributed by atoms with Gasteiger partial charge >= 0.3 is 0 Å². The van der Waals surface area contributed by atoms with Crippen molar-refractivity contribution in [2.24, 2.45) is 5.92 Å². The molecule has 0 heterocycles. The standard InChI is InChI=1S/C18H35NO/c1-5-7-9-10-11-14-17(13-8-6-2)18(20)15-12-16-19(3)4/h12,15,17H,5-11,13-14,16H2,1-4H3/b15-12-. The summed E-state index contributed by atoms with van der Waals surface area (Å²) in [6.07, 6.45) is 14.7. The van der Waals surface area contributed by atoms with Crippen LogP contribution in [0.4, 0.5) is 0 Å². The molecule has 0 N–H and O–H groups in total. The van der Waals surface area contributed by atoms with Gasteiger partial charge in [0.05, 0.1) is 0 Å². The lowest BCUT2D eigenvalue weighted by Crippen LogP contribution is -2.14. The van der Waals surface area contributed by atoms with Gasteiger partial charge in [-0.2, -0.15) is 0 Å². The average Bonchev–Trinajstić information content (AvgIpc) is 2.41. The number of hydrogen-bond acceptors (Lipinski definition) is 2. The van der Waals surface area contributed by atoms with Crippen LogP contribution < -0.4 is 0 Å². The molecule has 0 rings (SSSR count). The van der Waals surface area contributed by atoms with Gasteiger partial charge in [-0.15, -0.1) is 0 Å². The summed E-state index contributed by atoms with van der Waals surface area (Å²) in [7, 11) is 4.05. The first-order valence-corrected chi connectivity index (χ1v) is 8.46. The Bertz CT molecular complexity index is 258. The lowest BCUT2D eigenvalue weighted by Gasteiger charge is -2.13. The summed E-state index contributed by atoms with van der Waals surface area (Å²) >= 11 is 0. The largest absolute Gasteiger partial charge is 0.306 e. The van der Waals surface area contributed by atoms with Gasteiger partial charge in [0.25, 0.3) is 0 Å². The predicted octanol–water partition coefficient (Wildman–Crippen LogP) is 4.84. The molecule has 0 radical (unpaired) electrons. The summed E-state index contributed by atoms with van der Waals surface area (Å²) in [5.41, 5.74) is 0. The molecule has 2 heteroatoms. The maximum absolute atomic E-state index is 12.2. The van der Waals surface area contributed by atoms with Crippen LogP contribution in [0.3, 0.4) is 0 Å². The van der Waals surface area contributed by atoms with Crippen LogP contribution in [0.5, 0.6) is 0 Å². The normalized spacial score (nSPS) is 13.2. The smallest absolute Gasteiger partial charge is 0.158 e. The Kier molecular flexibility index (Phi) is 12.9. The first kappa shape index (κ1) is 19.4. The lowest BCUT2D eigenvalue weighted by atomic mass is 9.91. The van der Waals surface area contributed by atoms with Crippen LogP contribution >= 0.6 is 0 Å². The van der Waals surface area contributed by atoms with Crippen LogP contribution in [0.2, 0.25) is 0 Å². The van der Waals surface area contributed by atoms with E-state index in [2.05, 4.69) is 18.7 Å². The molecule has 118 valence electrons. The molecule has 1 atom stereocenters. The number of likely N-dealkylation sites (N-methyl/N-ethyl adjacent to an activating group) is 1. The van der Waals surface area contributed by atoms with Gasteiger partial charge in [-0.1, -0.05) is 64.9 Å². The van der Waals surface area contributed by atoms with Crippen molar-refractivity contribution < 1.29 is 4.79 Å². The van der Waals surface area contributed by atoms with Gasteiger partial charge in [0.1, 0.15) is 0 Å². The number of carbonyl (C=O) groups excluding carboxylic acids is 1. The number of nitrogens with zero attached hydrogens (tertiary/aromatic N) is 1. The summed E-state index contributed by atoms with van der Waals surface area (Å²) < 4.78 is 0. The summed E-state index contributed by atoms with van der Waals surface area (Å²) in [5.74, 6) is 0.603. The van der Waals surface area contributed by atoms with Gasteiger partial charge in [0.15, 0.2) is 5.78 Å². The molecule has 2 nitrogen and oxygen atoms in total. The summed E-state index contributed by atoms with van der Waals surface area (Å²) in [6.45, 7) is 5.29. The monoisotopic (exact) mass is 281 g/mol. The molecule has 1 unspecified atom stereocenters. The quantitative estimate of drug-likeness (QED) is 0.355. The Labute approximate surface area is 126 Å². The van der Waals surface area contributed by atoms with Gasteiger partial charge < -0.3 is 4.90 Å². The molecule has 0 aliphatic carbocycles. The Balaban J connectivity index is 4.10. The molecule has 0 aliphatic heterocycles. The average molecular weight is 281 g/mol. The van der Waals surface area contributed by atoms with Gasteiger partial charge in [-0.05, 0) is 33.0 Å². The third-order valence-corrected chi connectivity index (χ3v) is 3.72. The number of hydrogen-bond donors (Lipinski definition) is 0. The zero-order valence-corrected chi connectivity index (χ0v) is 14.2. The van der Waals surface area contributed by atoms with Crippen LogP contribution in [0, 0.1) is 5.92 Å². The number of unbranched alkanes of at least 4 members (excludes halogenated alkanes) is 5. The fraction of sp³-hybridized carbons (Fsp3) is 0.833. The first-order chi connectivity index (χ1) is 9.61. The third-order valence-electron chi connectivity index (χ3n) is 3.72.